The molecule has 0 spiro atoms. The van der Waals surface area contributed by atoms with Crippen molar-refractivity contribution in [2.75, 3.05) is 0 Å². The SMILES string of the molecule is N=C(N=C(N=Cc1cccc(-n2c3ccccc3c3ccccc32)c1)C1C=CC=CC1)c1ccc(-c2cnc3sc4cnc(-c5ccc6ccccc6c5)nc4c3c2)cc1. The summed E-state index contributed by atoms with van der Waals surface area (Å²) in [5.41, 5.74) is 8.88. The molecular formula is C52H35N7S. The highest BCUT2D eigenvalue weighted by Gasteiger charge is 2.17. The van der Waals surface area contributed by atoms with Gasteiger partial charge in [-0.1, -0.05) is 133 Å². The maximum absolute atomic E-state index is 9.10. The van der Waals surface area contributed by atoms with E-state index in [-0.39, 0.29) is 11.8 Å². The Morgan fingerprint density at radius 3 is 2.25 bits per heavy atom. The zero-order valence-electron chi connectivity index (χ0n) is 32.3. The molecule has 10 aromatic rings. The molecule has 1 aliphatic carbocycles. The van der Waals surface area contributed by atoms with Crippen molar-refractivity contribution in [2.45, 2.75) is 6.42 Å². The van der Waals surface area contributed by atoms with Gasteiger partial charge < -0.3 is 4.57 Å². The van der Waals surface area contributed by atoms with Gasteiger partial charge in [-0.05, 0) is 64.7 Å². The van der Waals surface area contributed by atoms with Gasteiger partial charge in [0.1, 0.15) is 10.7 Å². The van der Waals surface area contributed by atoms with Crippen LogP contribution >= 0.6 is 11.3 Å². The summed E-state index contributed by atoms with van der Waals surface area (Å²) < 4.78 is 3.30. The minimum atomic E-state index is -0.0461. The highest BCUT2D eigenvalue weighted by Crippen LogP contribution is 2.36. The molecule has 0 bridgehead atoms. The van der Waals surface area contributed by atoms with Crippen LogP contribution in [0.15, 0.2) is 192 Å². The molecule has 8 heteroatoms. The molecule has 0 fully saturated rings. The number of hydrogen-bond donors (Lipinski definition) is 1. The zero-order valence-corrected chi connectivity index (χ0v) is 33.1. The Hall–Kier alpha value is -7.68. The first kappa shape index (κ1) is 35.5. The lowest BCUT2D eigenvalue weighted by atomic mass is 9.99. The number of para-hydroxylation sites is 2. The van der Waals surface area contributed by atoms with E-state index in [9.17, 15) is 0 Å². The highest BCUT2D eigenvalue weighted by molar-refractivity contribution is 7.25. The maximum Gasteiger partial charge on any atom is 0.159 e. The van der Waals surface area contributed by atoms with E-state index in [2.05, 4.69) is 126 Å². The Labute approximate surface area is 349 Å². The monoisotopic (exact) mass is 789 g/mol. The number of allylic oxidation sites excluding steroid dienone is 3. The molecule has 1 aliphatic rings. The van der Waals surface area contributed by atoms with E-state index in [0.717, 1.165) is 71.2 Å². The largest absolute Gasteiger partial charge is 0.309 e. The molecule has 60 heavy (non-hydrogen) atoms. The average Bonchev–Trinajstić information content (AvgIpc) is 3.85. The number of benzene rings is 6. The fraction of sp³-hybridized carbons (Fsp3) is 0.0385. The molecule has 6 aromatic carbocycles. The molecule has 284 valence electrons. The lowest BCUT2D eigenvalue weighted by molar-refractivity contribution is 0.860. The van der Waals surface area contributed by atoms with E-state index in [1.807, 2.05) is 67.2 Å². The number of thiophene rings is 1. The molecule has 4 aromatic heterocycles. The van der Waals surface area contributed by atoms with Crippen LogP contribution in [0.25, 0.3) is 81.2 Å². The van der Waals surface area contributed by atoms with E-state index in [0.29, 0.717) is 17.2 Å². The summed E-state index contributed by atoms with van der Waals surface area (Å²) in [6.45, 7) is 0. The van der Waals surface area contributed by atoms with Crippen LogP contribution in [0.2, 0.25) is 0 Å². The summed E-state index contributed by atoms with van der Waals surface area (Å²) in [5.74, 6) is 1.40. The summed E-state index contributed by atoms with van der Waals surface area (Å²) in [4.78, 5) is 25.3. The van der Waals surface area contributed by atoms with Crippen LogP contribution in [0.3, 0.4) is 0 Å². The van der Waals surface area contributed by atoms with Crippen LogP contribution in [0.1, 0.15) is 17.5 Å². The third-order valence-corrected chi connectivity index (χ3v) is 12.2. The lowest BCUT2D eigenvalue weighted by Gasteiger charge is -2.13. The van der Waals surface area contributed by atoms with E-state index >= 15 is 0 Å². The molecule has 1 atom stereocenters. The summed E-state index contributed by atoms with van der Waals surface area (Å²) in [5, 5.41) is 14.9. The summed E-state index contributed by atoms with van der Waals surface area (Å²) >= 11 is 1.60. The van der Waals surface area contributed by atoms with Gasteiger partial charge in [-0.2, -0.15) is 0 Å². The van der Waals surface area contributed by atoms with E-state index < -0.39 is 0 Å². The molecule has 1 N–H and O–H groups in total. The second kappa shape index (κ2) is 14.9. The molecular weight excluding hydrogens is 755 g/mol. The summed E-state index contributed by atoms with van der Waals surface area (Å²) in [7, 11) is 0. The highest BCUT2D eigenvalue weighted by atomic mass is 32.1. The van der Waals surface area contributed by atoms with Gasteiger partial charge in [0.2, 0.25) is 0 Å². The molecule has 0 saturated heterocycles. The van der Waals surface area contributed by atoms with Gasteiger partial charge in [-0.3, -0.25) is 5.41 Å². The first-order valence-corrected chi connectivity index (χ1v) is 20.7. The van der Waals surface area contributed by atoms with Crippen LogP contribution in [-0.2, 0) is 0 Å². The van der Waals surface area contributed by atoms with Crippen molar-refractivity contribution in [1.82, 2.24) is 19.5 Å². The Kier molecular flexibility index (Phi) is 8.82. The number of aliphatic imine (C=N–C) groups is 2. The predicted octanol–water partition coefficient (Wildman–Crippen LogP) is 12.8. The van der Waals surface area contributed by atoms with Crippen LogP contribution in [0, 0.1) is 11.3 Å². The first-order valence-electron chi connectivity index (χ1n) is 19.9. The smallest absolute Gasteiger partial charge is 0.159 e. The number of hydrogen-bond acceptors (Lipinski definition) is 5. The van der Waals surface area contributed by atoms with E-state index in [1.165, 1.54) is 16.2 Å². The second-order valence-corrected chi connectivity index (χ2v) is 16.0. The minimum absolute atomic E-state index is 0.0461. The lowest BCUT2D eigenvalue weighted by Crippen LogP contribution is -2.14. The summed E-state index contributed by atoms with van der Waals surface area (Å²) in [6, 6.07) is 50.2. The normalized spacial score (nSPS) is 14.4. The van der Waals surface area contributed by atoms with Gasteiger partial charge in [-0.25, -0.2) is 24.9 Å². The van der Waals surface area contributed by atoms with Crippen LogP contribution in [0.4, 0.5) is 0 Å². The van der Waals surface area contributed by atoms with Crippen molar-refractivity contribution in [3.8, 4) is 28.2 Å². The van der Waals surface area contributed by atoms with Gasteiger partial charge in [0, 0.05) is 63.1 Å². The van der Waals surface area contributed by atoms with Crippen molar-refractivity contribution in [3.63, 3.8) is 0 Å². The standard InChI is InChI=1S/C52H35N7S/c53-49(58-50(37-13-2-1-3-14-37)54-30-33-11-10-16-41(27-33)59-45-19-8-6-17-42(45)43-18-7-9-20-46(43)59)36-24-21-35(22-25-36)40-29-44-48-47(60-52(44)56-31-40)32-55-51(57-48)39-26-23-34-12-4-5-15-38(34)28-39/h1-13,15-32,37,53H,14H2. The minimum Gasteiger partial charge on any atom is -0.309 e. The molecule has 7 nitrogen and oxygen atoms in total. The first-order chi connectivity index (χ1) is 29.6. The number of nitrogens with one attached hydrogen (secondary N) is 1. The Morgan fingerprint density at radius 1 is 0.683 bits per heavy atom. The Morgan fingerprint density at radius 2 is 1.45 bits per heavy atom. The fourth-order valence-electron chi connectivity index (χ4n) is 8.14. The molecule has 4 heterocycles. The molecule has 0 amide bonds. The van der Waals surface area contributed by atoms with E-state index in [1.54, 1.807) is 11.3 Å². The van der Waals surface area contributed by atoms with Crippen molar-refractivity contribution < 1.29 is 0 Å². The number of pyridine rings is 1. The number of nitrogens with zero attached hydrogens (tertiary/aromatic N) is 6. The van der Waals surface area contributed by atoms with Gasteiger partial charge in [0.15, 0.2) is 11.7 Å². The van der Waals surface area contributed by atoms with Gasteiger partial charge in [-0.15, -0.1) is 11.3 Å². The van der Waals surface area contributed by atoms with Gasteiger partial charge in [0.05, 0.1) is 21.3 Å². The third kappa shape index (κ3) is 6.49. The fourth-order valence-corrected chi connectivity index (χ4v) is 9.07. The quantitative estimate of drug-likeness (QED) is 0.134. The second-order valence-electron chi connectivity index (χ2n) is 14.9. The number of aromatic nitrogens is 4. The zero-order chi connectivity index (χ0) is 40.0. The van der Waals surface area contributed by atoms with Crippen LogP contribution in [-0.4, -0.2) is 37.4 Å². The molecule has 1 unspecified atom stereocenters. The molecule has 11 rings (SSSR count). The van der Waals surface area contributed by atoms with Crippen LogP contribution in [0.5, 0.6) is 0 Å². The number of rotatable bonds is 6. The Balaban J connectivity index is 0.880. The number of fused-ring (bicyclic) bond motifs is 7. The predicted molar refractivity (Wildman–Crippen MR) is 250 cm³/mol. The Bertz CT molecular complexity index is 3390. The van der Waals surface area contributed by atoms with Crippen LogP contribution < -0.4 is 0 Å². The van der Waals surface area contributed by atoms with Gasteiger partial charge in [0.25, 0.3) is 0 Å². The van der Waals surface area contributed by atoms with Crippen molar-refractivity contribution in [3.05, 3.63) is 193 Å². The van der Waals surface area contributed by atoms with Crippen molar-refractivity contribution in [1.29, 1.82) is 5.41 Å². The topological polar surface area (TPSA) is 92.2 Å². The molecule has 0 radical (unpaired) electrons. The number of amidine groups is 2. The average molecular weight is 790 g/mol. The van der Waals surface area contributed by atoms with Crippen molar-refractivity contribution >= 4 is 82.2 Å². The third-order valence-electron chi connectivity index (χ3n) is 11.2. The van der Waals surface area contributed by atoms with Gasteiger partial charge >= 0.3 is 0 Å². The van der Waals surface area contributed by atoms with Crippen molar-refractivity contribution in [2.24, 2.45) is 15.9 Å². The van der Waals surface area contributed by atoms with E-state index in [4.69, 9.17) is 30.3 Å². The molecule has 0 aliphatic heterocycles. The summed E-state index contributed by atoms with van der Waals surface area (Å²) in [6.07, 6.45) is 14.7. The maximum atomic E-state index is 9.10. The molecule has 0 saturated carbocycles.